The van der Waals surface area contributed by atoms with E-state index >= 15 is 0 Å². The van der Waals surface area contributed by atoms with Crippen molar-refractivity contribution in [3.63, 3.8) is 0 Å². The summed E-state index contributed by atoms with van der Waals surface area (Å²) in [5, 5.41) is 10.3. The molecule has 1 aromatic carbocycles. The van der Waals surface area contributed by atoms with Crippen LogP contribution < -0.4 is 4.90 Å². The average Bonchev–Trinajstić information content (AvgIpc) is 3.54. The number of hydrogen-bond acceptors (Lipinski definition) is 5. The molecule has 3 heterocycles. The third kappa shape index (κ3) is 4.94. The van der Waals surface area contributed by atoms with Crippen LogP contribution in [0.5, 0.6) is 0 Å². The highest BCUT2D eigenvalue weighted by Crippen LogP contribution is 2.61. The predicted octanol–water partition coefficient (Wildman–Crippen LogP) is 3.93. The van der Waals surface area contributed by atoms with Gasteiger partial charge in [-0.05, 0) is 38.3 Å². The Labute approximate surface area is 246 Å². The van der Waals surface area contributed by atoms with Crippen LogP contribution >= 0.6 is 15.9 Å². The third-order valence-corrected chi connectivity index (χ3v) is 9.66. The molecule has 1 spiro atoms. The largest absolute Gasteiger partial charge is 0.394 e. The van der Waals surface area contributed by atoms with Crippen LogP contribution in [0, 0.1) is 11.8 Å². The van der Waals surface area contributed by atoms with Crippen molar-refractivity contribution in [2.24, 2.45) is 11.8 Å². The molecule has 4 rings (SSSR count). The van der Waals surface area contributed by atoms with Crippen LogP contribution in [-0.4, -0.2) is 87.0 Å². The first kappa shape index (κ1) is 30.5. The molecule has 0 aliphatic carbocycles. The van der Waals surface area contributed by atoms with E-state index in [1.165, 1.54) is 0 Å². The number of amides is 3. The van der Waals surface area contributed by atoms with Gasteiger partial charge in [0, 0.05) is 29.6 Å². The molecular weight excluding hydrogens is 574 g/mol. The number of halogens is 1. The molecule has 3 amide bonds. The number of benzene rings is 1. The lowest BCUT2D eigenvalue weighted by Crippen LogP contribution is -2.60. The van der Waals surface area contributed by atoms with Crippen LogP contribution in [0.25, 0.3) is 0 Å². The van der Waals surface area contributed by atoms with Crippen molar-refractivity contribution in [1.29, 1.82) is 0 Å². The lowest BCUT2D eigenvalue weighted by molar-refractivity contribution is -0.152. The number of fused-ring (bicyclic) bond motifs is 1. The van der Waals surface area contributed by atoms with Gasteiger partial charge in [-0.1, -0.05) is 66.5 Å². The summed E-state index contributed by atoms with van der Waals surface area (Å²) in [6.45, 7) is 14.0. The topological polar surface area (TPSA) is 90.4 Å². The van der Waals surface area contributed by atoms with E-state index in [2.05, 4.69) is 36.0 Å². The molecule has 40 heavy (non-hydrogen) atoms. The fourth-order valence-electron chi connectivity index (χ4n) is 7.03. The van der Waals surface area contributed by atoms with Gasteiger partial charge in [0.1, 0.15) is 11.6 Å². The van der Waals surface area contributed by atoms with E-state index in [9.17, 15) is 19.5 Å². The number of nitrogens with zero attached hydrogens (tertiary/aromatic N) is 3. The molecule has 0 saturated carbocycles. The van der Waals surface area contributed by atoms with E-state index in [1.807, 2.05) is 44.2 Å². The Kier molecular flexibility index (Phi) is 9.58. The Balaban J connectivity index is 1.82. The zero-order valence-corrected chi connectivity index (χ0v) is 25.3. The number of likely N-dealkylation sites (tertiary alicyclic amines) is 1. The quantitative estimate of drug-likeness (QED) is 0.268. The first-order chi connectivity index (χ1) is 19.2. The van der Waals surface area contributed by atoms with Crippen LogP contribution in [-0.2, 0) is 19.1 Å². The van der Waals surface area contributed by atoms with Gasteiger partial charge in [-0.25, -0.2) is 0 Å². The average molecular weight is 617 g/mol. The number of alkyl halides is 1. The van der Waals surface area contributed by atoms with Crippen LogP contribution in [0.15, 0.2) is 55.6 Å². The fraction of sp³-hybridized carbons (Fsp3) is 0.581. The molecule has 8 atom stereocenters. The second-order valence-electron chi connectivity index (χ2n) is 11.1. The Morgan fingerprint density at radius 3 is 2.45 bits per heavy atom. The first-order valence-electron chi connectivity index (χ1n) is 14.4. The highest BCUT2D eigenvalue weighted by atomic mass is 79.9. The van der Waals surface area contributed by atoms with E-state index < -0.39 is 35.6 Å². The van der Waals surface area contributed by atoms with Crippen LogP contribution in [0.3, 0.4) is 0 Å². The van der Waals surface area contributed by atoms with Gasteiger partial charge in [0.15, 0.2) is 0 Å². The molecule has 3 fully saturated rings. The standard InChI is InChI=1S/C31H42BrN3O5/c1-6-13-20(5)33(16-7-2)30(39)27-31-18-23(32)26(40-31)24(25(31)29(38)35(27)21(9-4)19-36)28(37)34(17-8-3)22-14-11-10-12-15-22/h7-8,10-12,14-15,20-21,23-27,36H,2-3,6,9,13,16-19H2,1,4-5H3/t20?,21-,23?,24-,25-,26-,27?,31?/m0/s1. The lowest BCUT2D eigenvalue weighted by atomic mass is 9.70. The van der Waals surface area contributed by atoms with Gasteiger partial charge in [0.2, 0.25) is 17.7 Å². The number of hydrogen-bond donors (Lipinski definition) is 1. The Morgan fingerprint density at radius 1 is 1.20 bits per heavy atom. The summed E-state index contributed by atoms with van der Waals surface area (Å²) in [6, 6.07) is 7.72. The van der Waals surface area contributed by atoms with Gasteiger partial charge in [0.05, 0.1) is 30.6 Å². The van der Waals surface area contributed by atoms with Crippen LogP contribution in [0.4, 0.5) is 5.69 Å². The minimum absolute atomic E-state index is 0.0749. The first-order valence-corrected chi connectivity index (χ1v) is 15.3. The number of carbonyl (C=O) groups is 3. The van der Waals surface area contributed by atoms with Gasteiger partial charge < -0.3 is 24.5 Å². The van der Waals surface area contributed by atoms with Gasteiger partial charge in [-0.15, -0.1) is 13.2 Å². The smallest absolute Gasteiger partial charge is 0.248 e. The predicted molar refractivity (Wildman–Crippen MR) is 159 cm³/mol. The maximum atomic E-state index is 14.5. The normalized spacial score (nSPS) is 30.1. The molecule has 218 valence electrons. The molecular formula is C31H42BrN3O5. The maximum Gasteiger partial charge on any atom is 0.248 e. The fourth-order valence-corrected chi connectivity index (χ4v) is 7.98. The molecule has 3 aliphatic heterocycles. The molecule has 3 saturated heterocycles. The third-order valence-electron chi connectivity index (χ3n) is 8.81. The number of anilines is 1. The Hall–Kier alpha value is -2.49. The minimum Gasteiger partial charge on any atom is -0.394 e. The monoisotopic (exact) mass is 615 g/mol. The number of aliphatic hydroxyl groups is 1. The maximum absolute atomic E-state index is 14.5. The minimum atomic E-state index is -1.18. The van der Waals surface area contributed by atoms with E-state index in [1.54, 1.807) is 26.9 Å². The number of aliphatic hydroxyl groups excluding tert-OH is 1. The summed E-state index contributed by atoms with van der Waals surface area (Å²) < 4.78 is 6.70. The van der Waals surface area contributed by atoms with Gasteiger partial charge in [-0.3, -0.25) is 14.4 Å². The highest BCUT2D eigenvalue weighted by Gasteiger charge is 2.77. The SMILES string of the molecule is C=CCN(C(=O)[C@H]1[C@H]2C(=O)N([C@@H](CC)CO)C(C(=O)N(CC=C)C(C)CCC)C23CC(Br)[C@@H]1O3)c1ccccc1. The molecule has 4 unspecified atom stereocenters. The number of carbonyl (C=O) groups excluding carboxylic acids is 3. The summed E-state index contributed by atoms with van der Waals surface area (Å²) in [5.41, 5.74) is -0.477. The van der Waals surface area contributed by atoms with Crippen molar-refractivity contribution >= 4 is 39.3 Å². The second-order valence-corrected chi connectivity index (χ2v) is 12.3. The molecule has 1 aromatic rings. The van der Waals surface area contributed by atoms with Gasteiger partial charge in [-0.2, -0.15) is 0 Å². The molecule has 3 aliphatic rings. The van der Waals surface area contributed by atoms with Crippen molar-refractivity contribution in [3.8, 4) is 0 Å². The van der Waals surface area contributed by atoms with Crippen LogP contribution in [0.2, 0.25) is 0 Å². The number of ether oxygens (including phenoxy) is 1. The second kappa shape index (κ2) is 12.6. The van der Waals surface area contributed by atoms with Crippen molar-refractivity contribution < 1.29 is 24.2 Å². The summed E-state index contributed by atoms with van der Waals surface area (Å²) in [5.74, 6) is -2.37. The van der Waals surface area contributed by atoms with E-state index in [0.29, 0.717) is 25.1 Å². The summed E-state index contributed by atoms with van der Waals surface area (Å²) in [7, 11) is 0. The number of para-hydroxylation sites is 1. The summed E-state index contributed by atoms with van der Waals surface area (Å²) >= 11 is 3.75. The van der Waals surface area contributed by atoms with Gasteiger partial charge >= 0.3 is 0 Å². The van der Waals surface area contributed by atoms with Crippen molar-refractivity contribution in [2.75, 3.05) is 24.6 Å². The molecule has 2 bridgehead atoms. The van der Waals surface area contributed by atoms with Gasteiger partial charge in [0.25, 0.3) is 0 Å². The van der Waals surface area contributed by atoms with Crippen molar-refractivity contribution in [2.45, 2.75) is 81.1 Å². The zero-order chi connectivity index (χ0) is 29.2. The number of rotatable bonds is 13. The van der Waals surface area contributed by atoms with Crippen molar-refractivity contribution in [1.82, 2.24) is 9.80 Å². The van der Waals surface area contributed by atoms with E-state index in [0.717, 1.165) is 12.8 Å². The molecule has 0 aromatic heterocycles. The van der Waals surface area contributed by atoms with E-state index in [4.69, 9.17) is 4.74 Å². The lowest BCUT2D eigenvalue weighted by Gasteiger charge is -2.41. The van der Waals surface area contributed by atoms with Crippen molar-refractivity contribution in [3.05, 3.63) is 55.6 Å². The van der Waals surface area contributed by atoms with Crippen LogP contribution in [0.1, 0.15) is 46.5 Å². The highest BCUT2D eigenvalue weighted by molar-refractivity contribution is 9.09. The Bertz CT molecular complexity index is 1110. The Morgan fingerprint density at radius 2 is 1.88 bits per heavy atom. The molecule has 8 nitrogen and oxygen atoms in total. The zero-order valence-electron chi connectivity index (χ0n) is 23.7. The molecule has 9 heteroatoms. The van der Waals surface area contributed by atoms with E-state index in [-0.39, 0.29) is 41.7 Å². The molecule has 0 radical (unpaired) electrons. The summed E-state index contributed by atoms with van der Waals surface area (Å²) in [6.07, 6.45) is 5.38. The molecule has 1 N–H and O–H groups in total. The summed E-state index contributed by atoms with van der Waals surface area (Å²) in [4.78, 5) is 48.0.